The summed E-state index contributed by atoms with van der Waals surface area (Å²) in [6.07, 6.45) is 4.11. The lowest BCUT2D eigenvalue weighted by molar-refractivity contribution is 0.136. The zero-order valence-corrected chi connectivity index (χ0v) is 15.4. The molecule has 0 aromatic heterocycles. The number of rotatable bonds is 4. The highest BCUT2D eigenvalue weighted by atomic mass is 32.2. The summed E-state index contributed by atoms with van der Waals surface area (Å²) in [7, 11) is -3.83. The van der Waals surface area contributed by atoms with Gasteiger partial charge in [0.1, 0.15) is 11.6 Å². The van der Waals surface area contributed by atoms with Crippen LogP contribution in [-0.4, -0.2) is 50.3 Å². The molecule has 2 aliphatic rings. The van der Waals surface area contributed by atoms with Gasteiger partial charge in [-0.2, -0.15) is 4.31 Å². The zero-order valence-electron chi connectivity index (χ0n) is 14.6. The number of likely N-dealkylation sites (tertiary alicyclic amines) is 1. The predicted octanol–water partition coefficient (Wildman–Crippen LogP) is 3.10. The Balaban J connectivity index is 1.59. The van der Waals surface area contributed by atoms with E-state index in [0.29, 0.717) is 25.1 Å². The third-order valence-corrected chi connectivity index (χ3v) is 7.18. The van der Waals surface area contributed by atoms with Crippen LogP contribution in [0.5, 0.6) is 0 Å². The Labute approximate surface area is 148 Å². The van der Waals surface area contributed by atoms with E-state index in [2.05, 4.69) is 11.8 Å². The average molecular weight is 372 g/mol. The van der Waals surface area contributed by atoms with E-state index < -0.39 is 21.7 Å². The number of halogens is 2. The molecule has 0 amide bonds. The molecule has 4 nitrogen and oxygen atoms in total. The number of hydrogen-bond acceptors (Lipinski definition) is 3. The van der Waals surface area contributed by atoms with Gasteiger partial charge in [0, 0.05) is 32.2 Å². The number of piperidine rings is 2. The van der Waals surface area contributed by atoms with E-state index in [0.717, 1.165) is 50.5 Å². The molecular weight excluding hydrogens is 346 g/mol. The van der Waals surface area contributed by atoms with Crippen LogP contribution in [-0.2, 0) is 10.0 Å². The van der Waals surface area contributed by atoms with Crippen molar-refractivity contribution in [3.63, 3.8) is 0 Å². The first kappa shape index (κ1) is 18.7. The SMILES string of the molecule is CC1CCCN(CC2CCN(S(=O)(=O)c3cc(F)cc(F)c3)CC2)C1. The first-order valence-corrected chi connectivity index (χ1v) is 10.5. The molecule has 1 aromatic carbocycles. The molecule has 2 heterocycles. The number of nitrogens with zero attached hydrogens (tertiary/aromatic N) is 2. The van der Waals surface area contributed by atoms with Gasteiger partial charge in [-0.15, -0.1) is 0 Å². The normalized spacial score (nSPS) is 24.5. The molecule has 2 fully saturated rings. The third kappa shape index (κ3) is 4.57. The Hall–Kier alpha value is -1.05. The van der Waals surface area contributed by atoms with E-state index in [9.17, 15) is 17.2 Å². The maximum atomic E-state index is 13.4. The molecule has 0 bridgehead atoms. The van der Waals surface area contributed by atoms with Gasteiger partial charge in [-0.3, -0.25) is 0 Å². The molecule has 3 rings (SSSR count). The Bertz CT molecular complexity index is 683. The second kappa shape index (κ2) is 7.68. The molecule has 2 saturated heterocycles. The van der Waals surface area contributed by atoms with Crippen molar-refractivity contribution in [2.75, 3.05) is 32.7 Å². The Morgan fingerprint density at radius 3 is 2.28 bits per heavy atom. The summed E-state index contributed by atoms with van der Waals surface area (Å²) in [5, 5.41) is 0. The maximum Gasteiger partial charge on any atom is 0.243 e. The monoisotopic (exact) mass is 372 g/mol. The van der Waals surface area contributed by atoms with Crippen molar-refractivity contribution in [1.82, 2.24) is 9.21 Å². The fraction of sp³-hybridized carbons (Fsp3) is 0.667. The van der Waals surface area contributed by atoms with Crippen LogP contribution in [0.2, 0.25) is 0 Å². The van der Waals surface area contributed by atoms with E-state index in [1.165, 1.54) is 17.1 Å². The van der Waals surface area contributed by atoms with Crippen molar-refractivity contribution < 1.29 is 17.2 Å². The largest absolute Gasteiger partial charge is 0.303 e. The second-order valence-corrected chi connectivity index (χ2v) is 9.40. The molecule has 0 aliphatic carbocycles. The van der Waals surface area contributed by atoms with E-state index in [4.69, 9.17) is 0 Å². The molecular formula is C18H26F2N2O2S. The van der Waals surface area contributed by atoms with E-state index in [1.807, 2.05) is 0 Å². The molecule has 0 N–H and O–H groups in total. The first-order chi connectivity index (χ1) is 11.8. The van der Waals surface area contributed by atoms with Gasteiger partial charge in [0.05, 0.1) is 4.90 Å². The van der Waals surface area contributed by atoms with Gasteiger partial charge in [0.2, 0.25) is 10.0 Å². The van der Waals surface area contributed by atoms with Gasteiger partial charge < -0.3 is 4.90 Å². The van der Waals surface area contributed by atoms with Crippen molar-refractivity contribution in [2.45, 2.75) is 37.5 Å². The molecule has 1 aromatic rings. The minimum absolute atomic E-state index is 0.298. The molecule has 1 atom stereocenters. The van der Waals surface area contributed by atoms with E-state index in [1.54, 1.807) is 0 Å². The van der Waals surface area contributed by atoms with Crippen LogP contribution >= 0.6 is 0 Å². The molecule has 0 spiro atoms. The van der Waals surface area contributed by atoms with Crippen LogP contribution in [0.25, 0.3) is 0 Å². The molecule has 0 saturated carbocycles. The number of hydrogen-bond donors (Lipinski definition) is 0. The quantitative estimate of drug-likeness (QED) is 0.815. The highest BCUT2D eigenvalue weighted by molar-refractivity contribution is 7.89. The molecule has 1 unspecified atom stereocenters. The van der Waals surface area contributed by atoms with Crippen molar-refractivity contribution in [2.24, 2.45) is 11.8 Å². The first-order valence-electron chi connectivity index (χ1n) is 9.03. The smallest absolute Gasteiger partial charge is 0.243 e. The summed E-state index contributed by atoms with van der Waals surface area (Å²) in [5.74, 6) is -0.515. The summed E-state index contributed by atoms with van der Waals surface area (Å²) in [6.45, 7) is 6.38. The molecule has 2 aliphatic heterocycles. The van der Waals surface area contributed by atoms with E-state index in [-0.39, 0.29) is 4.90 Å². The van der Waals surface area contributed by atoms with Crippen LogP contribution in [0.1, 0.15) is 32.6 Å². The van der Waals surface area contributed by atoms with Crippen molar-refractivity contribution in [3.05, 3.63) is 29.8 Å². The van der Waals surface area contributed by atoms with Crippen molar-refractivity contribution in [3.8, 4) is 0 Å². The van der Waals surface area contributed by atoms with Crippen LogP contribution in [0, 0.1) is 23.5 Å². The summed E-state index contributed by atoms with van der Waals surface area (Å²) in [4.78, 5) is 2.19. The third-order valence-electron chi connectivity index (χ3n) is 5.30. The summed E-state index contributed by atoms with van der Waals surface area (Å²) < 4.78 is 53.3. The average Bonchev–Trinajstić information content (AvgIpc) is 2.54. The fourth-order valence-corrected chi connectivity index (χ4v) is 5.49. The fourth-order valence-electron chi connectivity index (χ4n) is 3.98. The van der Waals surface area contributed by atoms with E-state index >= 15 is 0 Å². The van der Waals surface area contributed by atoms with Crippen LogP contribution in [0.15, 0.2) is 23.1 Å². The summed E-state index contributed by atoms with van der Waals surface area (Å²) in [5.41, 5.74) is 0. The van der Waals surface area contributed by atoms with Crippen molar-refractivity contribution >= 4 is 10.0 Å². The Morgan fingerprint density at radius 1 is 1.04 bits per heavy atom. The highest BCUT2D eigenvalue weighted by Crippen LogP contribution is 2.26. The van der Waals surface area contributed by atoms with Crippen LogP contribution in [0.4, 0.5) is 8.78 Å². The van der Waals surface area contributed by atoms with Crippen LogP contribution < -0.4 is 0 Å². The van der Waals surface area contributed by atoms with Gasteiger partial charge in [0.15, 0.2) is 0 Å². The Morgan fingerprint density at radius 2 is 1.68 bits per heavy atom. The second-order valence-electron chi connectivity index (χ2n) is 7.46. The van der Waals surface area contributed by atoms with Gasteiger partial charge in [-0.1, -0.05) is 6.92 Å². The lowest BCUT2D eigenvalue weighted by Gasteiger charge is -2.37. The van der Waals surface area contributed by atoms with Crippen LogP contribution in [0.3, 0.4) is 0 Å². The lowest BCUT2D eigenvalue weighted by atomic mass is 9.94. The van der Waals surface area contributed by atoms with Gasteiger partial charge >= 0.3 is 0 Å². The molecule has 25 heavy (non-hydrogen) atoms. The Kier molecular flexibility index (Phi) is 5.75. The molecule has 0 radical (unpaired) electrons. The minimum atomic E-state index is -3.83. The van der Waals surface area contributed by atoms with Gasteiger partial charge in [-0.25, -0.2) is 17.2 Å². The number of benzene rings is 1. The standard InChI is InChI=1S/C18H26F2N2O2S/c1-14-3-2-6-21(12-14)13-15-4-7-22(8-5-15)25(23,24)18-10-16(19)9-17(20)11-18/h9-11,14-15H,2-8,12-13H2,1H3. The topological polar surface area (TPSA) is 40.6 Å². The van der Waals surface area contributed by atoms with Crippen molar-refractivity contribution in [1.29, 1.82) is 0 Å². The summed E-state index contributed by atoms with van der Waals surface area (Å²) in [6, 6.07) is 2.46. The number of sulfonamides is 1. The maximum absolute atomic E-state index is 13.4. The van der Waals surface area contributed by atoms with Gasteiger partial charge in [-0.05, 0) is 56.2 Å². The highest BCUT2D eigenvalue weighted by Gasteiger charge is 2.31. The molecule has 140 valence electrons. The minimum Gasteiger partial charge on any atom is -0.303 e. The molecule has 7 heteroatoms. The zero-order chi connectivity index (χ0) is 18.0. The predicted molar refractivity (Wildman–Crippen MR) is 92.7 cm³/mol. The summed E-state index contributed by atoms with van der Waals surface area (Å²) >= 11 is 0. The van der Waals surface area contributed by atoms with Gasteiger partial charge in [0.25, 0.3) is 0 Å². The lowest BCUT2D eigenvalue weighted by Crippen LogP contribution is -2.43.